The summed E-state index contributed by atoms with van der Waals surface area (Å²) in [7, 11) is 0. The lowest BCUT2D eigenvalue weighted by atomic mass is 10.1. The minimum Gasteiger partial charge on any atom is -0.367 e. The molecular weight excluding hydrogens is 334 g/mol. The third kappa shape index (κ3) is 2.92. The molecule has 1 aliphatic rings. The van der Waals surface area contributed by atoms with E-state index in [1.165, 1.54) is 0 Å². The van der Waals surface area contributed by atoms with Crippen molar-refractivity contribution in [2.24, 2.45) is 0 Å². The summed E-state index contributed by atoms with van der Waals surface area (Å²) in [6.45, 7) is 6.88. The maximum Gasteiger partial charge on any atom is 0.258 e. The number of morpholine rings is 1. The molecule has 1 fully saturated rings. The van der Waals surface area contributed by atoms with Crippen molar-refractivity contribution < 1.29 is 14.1 Å². The zero-order valence-electron chi connectivity index (χ0n) is 14.9. The summed E-state index contributed by atoms with van der Waals surface area (Å²) in [5.74, 6) is 0.507. The SMILES string of the molecule is Cc1ccnc([C@@H]2CN(C(=O)c3cc(C)nc4onc(C)c34)CCO2)n1. The van der Waals surface area contributed by atoms with E-state index in [0.29, 0.717) is 53.6 Å². The average molecular weight is 353 g/mol. The van der Waals surface area contributed by atoms with E-state index in [4.69, 9.17) is 9.26 Å². The van der Waals surface area contributed by atoms with Gasteiger partial charge in [0.15, 0.2) is 5.82 Å². The number of aromatic nitrogens is 4. The largest absolute Gasteiger partial charge is 0.367 e. The number of hydrogen-bond acceptors (Lipinski definition) is 7. The van der Waals surface area contributed by atoms with Crippen LogP contribution < -0.4 is 0 Å². The van der Waals surface area contributed by atoms with E-state index >= 15 is 0 Å². The molecule has 0 N–H and O–H groups in total. The van der Waals surface area contributed by atoms with Gasteiger partial charge >= 0.3 is 0 Å². The summed E-state index contributed by atoms with van der Waals surface area (Å²) in [4.78, 5) is 28.0. The molecule has 1 saturated heterocycles. The normalized spacial score (nSPS) is 17.7. The Labute approximate surface area is 150 Å². The molecule has 3 aromatic rings. The third-order valence-corrected chi connectivity index (χ3v) is 4.43. The zero-order chi connectivity index (χ0) is 18.3. The molecule has 1 amide bonds. The highest BCUT2D eigenvalue weighted by Crippen LogP contribution is 2.26. The van der Waals surface area contributed by atoms with Crippen molar-refractivity contribution in [2.45, 2.75) is 26.9 Å². The van der Waals surface area contributed by atoms with Crippen LogP contribution in [0, 0.1) is 20.8 Å². The first kappa shape index (κ1) is 16.6. The van der Waals surface area contributed by atoms with Crippen LogP contribution >= 0.6 is 0 Å². The second kappa shape index (κ2) is 6.45. The van der Waals surface area contributed by atoms with E-state index < -0.39 is 0 Å². The number of pyridine rings is 1. The number of amides is 1. The van der Waals surface area contributed by atoms with Gasteiger partial charge in [0.05, 0.1) is 29.8 Å². The molecule has 134 valence electrons. The van der Waals surface area contributed by atoms with Crippen LogP contribution in [0.1, 0.15) is 39.4 Å². The summed E-state index contributed by atoms with van der Waals surface area (Å²) >= 11 is 0. The van der Waals surface area contributed by atoms with Crippen LogP contribution in [0.25, 0.3) is 11.1 Å². The molecule has 1 aliphatic heterocycles. The Morgan fingerprint density at radius 1 is 1.23 bits per heavy atom. The number of ether oxygens (including phenoxy) is 1. The molecule has 0 unspecified atom stereocenters. The summed E-state index contributed by atoms with van der Waals surface area (Å²) < 4.78 is 11.0. The number of hydrogen-bond donors (Lipinski definition) is 0. The average Bonchev–Trinajstić information content (AvgIpc) is 3.01. The molecule has 3 aromatic heterocycles. The van der Waals surface area contributed by atoms with Gasteiger partial charge in [-0.05, 0) is 32.9 Å². The van der Waals surface area contributed by atoms with Crippen molar-refractivity contribution in [2.75, 3.05) is 19.7 Å². The Bertz CT molecular complexity index is 984. The van der Waals surface area contributed by atoms with Gasteiger partial charge in [-0.2, -0.15) is 0 Å². The molecule has 8 nitrogen and oxygen atoms in total. The van der Waals surface area contributed by atoms with Gasteiger partial charge in [0.25, 0.3) is 11.6 Å². The number of carbonyl (C=O) groups is 1. The maximum atomic E-state index is 13.2. The van der Waals surface area contributed by atoms with E-state index in [1.54, 1.807) is 17.2 Å². The fourth-order valence-corrected chi connectivity index (χ4v) is 3.17. The van der Waals surface area contributed by atoms with Crippen molar-refractivity contribution in [3.63, 3.8) is 0 Å². The smallest absolute Gasteiger partial charge is 0.258 e. The van der Waals surface area contributed by atoms with Gasteiger partial charge in [0.2, 0.25) is 0 Å². The maximum absolute atomic E-state index is 13.2. The highest BCUT2D eigenvalue weighted by atomic mass is 16.5. The van der Waals surface area contributed by atoms with Crippen LogP contribution in [-0.4, -0.2) is 50.6 Å². The fourth-order valence-electron chi connectivity index (χ4n) is 3.17. The molecule has 1 atom stereocenters. The molecule has 4 heterocycles. The second-order valence-corrected chi connectivity index (χ2v) is 6.43. The fraction of sp³-hybridized carbons (Fsp3) is 0.389. The number of aryl methyl sites for hydroxylation is 3. The Balaban J connectivity index is 1.65. The summed E-state index contributed by atoms with van der Waals surface area (Å²) in [5.41, 5.74) is 3.18. The summed E-state index contributed by atoms with van der Waals surface area (Å²) in [5, 5.41) is 4.61. The quantitative estimate of drug-likeness (QED) is 0.696. The van der Waals surface area contributed by atoms with Crippen molar-refractivity contribution in [1.29, 1.82) is 0 Å². The Morgan fingerprint density at radius 3 is 2.88 bits per heavy atom. The summed E-state index contributed by atoms with van der Waals surface area (Å²) in [6, 6.07) is 3.61. The molecule has 0 aliphatic carbocycles. The van der Waals surface area contributed by atoms with E-state index in [9.17, 15) is 4.79 Å². The van der Waals surface area contributed by atoms with Gasteiger partial charge in [-0.25, -0.2) is 15.0 Å². The summed E-state index contributed by atoms with van der Waals surface area (Å²) in [6.07, 6.45) is 1.37. The highest BCUT2D eigenvalue weighted by molar-refractivity contribution is 6.06. The van der Waals surface area contributed by atoms with Gasteiger partial charge in [-0.15, -0.1) is 0 Å². The number of nitrogens with zero attached hydrogens (tertiary/aromatic N) is 5. The highest BCUT2D eigenvalue weighted by Gasteiger charge is 2.30. The second-order valence-electron chi connectivity index (χ2n) is 6.43. The third-order valence-electron chi connectivity index (χ3n) is 4.43. The number of fused-ring (bicyclic) bond motifs is 1. The minimum atomic E-state index is -0.338. The molecule has 4 rings (SSSR count). The Hall–Kier alpha value is -2.87. The predicted octanol–water partition coefficient (Wildman–Crippen LogP) is 2.15. The monoisotopic (exact) mass is 353 g/mol. The van der Waals surface area contributed by atoms with Crippen molar-refractivity contribution >= 4 is 17.0 Å². The van der Waals surface area contributed by atoms with Crippen LogP contribution in [0.4, 0.5) is 0 Å². The minimum absolute atomic E-state index is 0.0900. The predicted molar refractivity (Wildman–Crippen MR) is 92.6 cm³/mol. The van der Waals surface area contributed by atoms with Crippen molar-refractivity contribution in [3.8, 4) is 0 Å². The molecule has 0 saturated carbocycles. The van der Waals surface area contributed by atoms with E-state index in [-0.39, 0.29) is 12.0 Å². The van der Waals surface area contributed by atoms with Gasteiger partial charge in [-0.3, -0.25) is 4.79 Å². The van der Waals surface area contributed by atoms with Crippen LogP contribution in [0.2, 0.25) is 0 Å². The Morgan fingerprint density at radius 2 is 2.08 bits per heavy atom. The standard InChI is InChI=1S/C18H19N5O3/c1-10-4-5-19-16(20-10)14-9-23(6-7-25-14)18(24)13-8-11(2)21-17-15(13)12(3)22-26-17/h4-5,8,14H,6-7,9H2,1-3H3/t14-/m0/s1. The van der Waals surface area contributed by atoms with Gasteiger partial charge in [0.1, 0.15) is 6.10 Å². The molecule has 0 aromatic carbocycles. The molecular formula is C18H19N5O3. The molecule has 0 radical (unpaired) electrons. The number of carbonyl (C=O) groups excluding carboxylic acids is 1. The van der Waals surface area contributed by atoms with Crippen LogP contribution in [0.5, 0.6) is 0 Å². The zero-order valence-corrected chi connectivity index (χ0v) is 14.9. The van der Waals surface area contributed by atoms with E-state index in [1.807, 2.05) is 26.8 Å². The van der Waals surface area contributed by atoms with Crippen LogP contribution in [-0.2, 0) is 4.74 Å². The Kier molecular flexibility index (Phi) is 4.12. The first-order valence-electron chi connectivity index (χ1n) is 8.47. The lowest BCUT2D eigenvalue weighted by Crippen LogP contribution is -2.42. The van der Waals surface area contributed by atoms with Gasteiger partial charge in [-0.1, -0.05) is 5.16 Å². The molecule has 26 heavy (non-hydrogen) atoms. The lowest BCUT2D eigenvalue weighted by molar-refractivity contribution is -0.0268. The number of rotatable bonds is 2. The topological polar surface area (TPSA) is 94.2 Å². The van der Waals surface area contributed by atoms with Crippen LogP contribution in [0.3, 0.4) is 0 Å². The van der Waals surface area contributed by atoms with Gasteiger partial charge < -0.3 is 14.2 Å². The molecule has 0 spiro atoms. The van der Waals surface area contributed by atoms with Gasteiger partial charge in [0, 0.05) is 24.1 Å². The van der Waals surface area contributed by atoms with Crippen LogP contribution in [0.15, 0.2) is 22.9 Å². The van der Waals surface area contributed by atoms with E-state index in [2.05, 4.69) is 20.1 Å². The van der Waals surface area contributed by atoms with E-state index in [0.717, 1.165) is 5.69 Å². The molecule has 8 heteroatoms. The first-order chi connectivity index (χ1) is 12.5. The van der Waals surface area contributed by atoms with Crippen molar-refractivity contribution in [1.82, 2.24) is 25.0 Å². The first-order valence-corrected chi connectivity index (χ1v) is 8.47. The van der Waals surface area contributed by atoms with Crippen molar-refractivity contribution in [3.05, 3.63) is 46.8 Å². The molecule has 0 bridgehead atoms. The lowest BCUT2D eigenvalue weighted by Gasteiger charge is -2.32.